The molecule has 0 N–H and O–H groups in total. The van der Waals surface area contributed by atoms with E-state index in [0.29, 0.717) is 12.4 Å². The minimum absolute atomic E-state index is 0.00304. The van der Waals surface area contributed by atoms with Crippen LogP contribution in [0.15, 0.2) is 60.0 Å². The van der Waals surface area contributed by atoms with Gasteiger partial charge < -0.3 is 9.47 Å². The van der Waals surface area contributed by atoms with Crippen LogP contribution in [0.3, 0.4) is 0 Å². The Kier molecular flexibility index (Phi) is 6.17. The summed E-state index contributed by atoms with van der Waals surface area (Å²) in [7, 11) is -1.05. The van der Waals surface area contributed by atoms with Crippen LogP contribution in [-0.4, -0.2) is 33.5 Å². The second-order valence-corrected chi connectivity index (χ2v) is 7.35. The van der Waals surface area contributed by atoms with Crippen LogP contribution in [0.2, 0.25) is 0 Å². The van der Waals surface area contributed by atoms with Crippen LogP contribution < -0.4 is 9.47 Å². The molecule has 2 rings (SSSR count). The zero-order chi connectivity index (χ0) is 18.4. The molecule has 25 heavy (non-hydrogen) atoms. The average Bonchev–Trinajstić information content (AvgIpc) is 2.61. The maximum Gasteiger partial charge on any atom is 0.243 e. The van der Waals surface area contributed by atoms with Crippen molar-refractivity contribution >= 4 is 10.0 Å². The molecule has 2 aromatic carbocycles. The van der Waals surface area contributed by atoms with Crippen LogP contribution in [0, 0.1) is 5.82 Å². The molecule has 0 radical (unpaired) electrons. The van der Waals surface area contributed by atoms with Gasteiger partial charge in [0.2, 0.25) is 10.0 Å². The van der Waals surface area contributed by atoms with Crippen LogP contribution in [0.1, 0.15) is 5.56 Å². The number of benzene rings is 2. The van der Waals surface area contributed by atoms with E-state index >= 15 is 0 Å². The fraction of sp³-hybridized carbons (Fsp3) is 0.222. The summed E-state index contributed by atoms with van der Waals surface area (Å²) in [5.74, 6) is -0.0520. The van der Waals surface area contributed by atoms with Gasteiger partial charge in [-0.1, -0.05) is 24.8 Å². The molecule has 2 aromatic rings. The lowest BCUT2D eigenvalue weighted by Gasteiger charge is -2.18. The summed E-state index contributed by atoms with van der Waals surface area (Å²) < 4.78 is 50.3. The standard InChI is InChI=1S/C18H20FNO4S/c1-4-11-24-15-7-5-14(6-8-15)13-20(2)25(21,22)16-9-10-18(23-3)17(19)12-16/h4-10,12H,1,11,13H2,2-3H3. The van der Waals surface area contributed by atoms with Gasteiger partial charge in [0.25, 0.3) is 0 Å². The number of hydrogen-bond acceptors (Lipinski definition) is 4. The molecular formula is C18H20FNO4S. The number of rotatable bonds is 8. The highest BCUT2D eigenvalue weighted by atomic mass is 32.2. The second kappa shape index (κ2) is 8.13. The fourth-order valence-electron chi connectivity index (χ4n) is 2.18. The highest BCUT2D eigenvalue weighted by Crippen LogP contribution is 2.23. The Morgan fingerprint density at radius 1 is 1.20 bits per heavy atom. The largest absolute Gasteiger partial charge is 0.494 e. The minimum atomic E-state index is -3.82. The predicted molar refractivity (Wildman–Crippen MR) is 93.7 cm³/mol. The van der Waals surface area contributed by atoms with E-state index in [0.717, 1.165) is 15.9 Å². The Labute approximate surface area is 147 Å². The van der Waals surface area contributed by atoms with Gasteiger partial charge in [0.1, 0.15) is 12.4 Å². The van der Waals surface area contributed by atoms with E-state index in [1.165, 1.54) is 26.3 Å². The van der Waals surface area contributed by atoms with Crippen LogP contribution in [-0.2, 0) is 16.6 Å². The first kappa shape index (κ1) is 19.0. The molecule has 0 bridgehead atoms. The van der Waals surface area contributed by atoms with Gasteiger partial charge in [0.05, 0.1) is 12.0 Å². The van der Waals surface area contributed by atoms with Crippen molar-refractivity contribution in [3.05, 3.63) is 66.5 Å². The molecule has 0 spiro atoms. The maximum atomic E-state index is 13.8. The Balaban J connectivity index is 2.14. The predicted octanol–water partition coefficient (Wildman–Crippen LogP) is 3.22. The third kappa shape index (κ3) is 4.58. The summed E-state index contributed by atoms with van der Waals surface area (Å²) in [4.78, 5) is -0.126. The van der Waals surface area contributed by atoms with Crippen molar-refractivity contribution < 1.29 is 22.3 Å². The molecule has 0 aliphatic carbocycles. The topological polar surface area (TPSA) is 55.8 Å². The number of ether oxygens (including phenoxy) is 2. The molecule has 0 atom stereocenters. The van der Waals surface area contributed by atoms with Gasteiger partial charge in [0, 0.05) is 13.6 Å². The lowest BCUT2D eigenvalue weighted by atomic mass is 10.2. The Hall–Kier alpha value is -2.38. The number of nitrogens with zero attached hydrogens (tertiary/aromatic N) is 1. The first-order valence-electron chi connectivity index (χ1n) is 7.51. The molecule has 7 heteroatoms. The Morgan fingerprint density at radius 3 is 2.44 bits per heavy atom. The molecule has 0 unspecified atom stereocenters. The van der Waals surface area contributed by atoms with E-state index in [1.54, 1.807) is 30.3 Å². The van der Waals surface area contributed by atoms with Gasteiger partial charge in [-0.05, 0) is 35.9 Å². The van der Waals surface area contributed by atoms with Crippen molar-refractivity contribution in [3.63, 3.8) is 0 Å². The summed E-state index contributed by atoms with van der Waals surface area (Å²) in [6.07, 6.45) is 1.64. The van der Waals surface area contributed by atoms with Gasteiger partial charge in [-0.2, -0.15) is 4.31 Å². The van der Waals surface area contributed by atoms with Crippen molar-refractivity contribution in [1.29, 1.82) is 0 Å². The van der Waals surface area contributed by atoms with Crippen molar-refractivity contribution in [2.45, 2.75) is 11.4 Å². The van der Waals surface area contributed by atoms with E-state index < -0.39 is 15.8 Å². The number of hydrogen-bond donors (Lipinski definition) is 0. The maximum absolute atomic E-state index is 13.8. The lowest BCUT2D eigenvalue weighted by Crippen LogP contribution is -2.26. The SMILES string of the molecule is C=CCOc1ccc(CN(C)S(=O)(=O)c2ccc(OC)c(F)c2)cc1. The van der Waals surface area contributed by atoms with E-state index in [1.807, 2.05) is 0 Å². The van der Waals surface area contributed by atoms with Crippen molar-refractivity contribution in [2.75, 3.05) is 20.8 Å². The zero-order valence-electron chi connectivity index (χ0n) is 14.1. The molecule has 0 amide bonds. The fourth-order valence-corrected chi connectivity index (χ4v) is 3.35. The average molecular weight is 365 g/mol. The van der Waals surface area contributed by atoms with Crippen LogP contribution in [0.4, 0.5) is 4.39 Å². The van der Waals surface area contributed by atoms with Gasteiger partial charge in [-0.3, -0.25) is 0 Å². The molecule has 5 nitrogen and oxygen atoms in total. The Morgan fingerprint density at radius 2 is 1.88 bits per heavy atom. The third-order valence-corrected chi connectivity index (χ3v) is 5.33. The van der Waals surface area contributed by atoms with Crippen LogP contribution in [0.5, 0.6) is 11.5 Å². The highest BCUT2D eigenvalue weighted by Gasteiger charge is 2.22. The molecule has 0 aliphatic heterocycles. The number of halogens is 1. The molecule has 0 aromatic heterocycles. The van der Waals surface area contributed by atoms with E-state index in [9.17, 15) is 12.8 Å². The smallest absolute Gasteiger partial charge is 0.243 e. The van der Waals surface area contributed by atoms with Gasteiger partial charge >= 0.3 is 0 Å². The van der Waals surface area contributed by atoms with Crippen molar-refractivity contribution in [1.82, 2.24) is 4.31 Å². The lowest BCUT2D eigenvalue weighted by molar-refractivity contribution is 0.363. The van der Waals surface area contributed by atoms with Gasteiger partial charge in [0.15, 0.2) is 11.6 Å². The number of methoxy groups -OCH3 is 1. The molecule has 134 valence electrons. The molecular weight excluding hydrogens is 345 g/mol. The van der Waals surface area contributed by atoms with E-state index in [-0.39, 0.29) is 17.2 Å². The van der Waals surface area contributed by atoms with Crippen LogP contribution in [0.25, 0.3) is 0 Å². The Bertz CT molecular complexity index is 835. The van der Waals surface area contributed by atoms with Crippen molar-refractivity contribution in [2.24, 2.45) is 0 Å². The normalized spacial score (nSPS) is 11.4. The zero-order valence-corrected chi connectivity index (χ0v) is 14.9. The molecule has 0 aliphatic rings. The second-order valence-electron chi connectivity index (χ2n) is 5.30. The van der Waals surface area contributed by atoms with Gasteiger partial charge in [-0.15, -0.1) is 0 Å². The first-order valence-corrected chi connectivity index (χ1v) is 8.95. The third-order valence-electron chi connectivity index (χ3n) is 3.53. The first-order chi connectivity index (χ1) is 11.9. The summed E-state index contributed by atoms with van der Waals surface area (Å²) >= 11 is 0. The number of sulfonamides is 1. The van der Waals surface area contributed by atoms with E-state index in [2.05, 4.69) is 6.58 Å². The van der Waals surface area contributed by atoms with E-state index in [4.69, 9.17) is 9.47 Å². The minimum Gasteiger partial charge on any atom is -0.494 e. The highest BCUT2D eigenvalue weighted by molar-refractivity contribution is 7.89. The molecule has 0 fully saturated rings. The quantitative estimate of drug-likeness (QED) is 0.674. The molecule has 0 heterocycles. The summed E-state index contributed by atoms with van der Waals surface area (Å²) in [5.41, 5.74) is 0.783. The summed E-state index contributed by atoms with van der Waals surface area (Å²) in [6, 6.07) is 10.6. The monoisotopic (exact) mass is 365 g/mol. The molecule has 0 saturated heterocycles. The summed E-state index contributed by atoms with van der Waals surface area (Å²) in [5, 5.41) is 0. The summed E-state index contributed by atoms with van der Waals surface area (Å²) in [6.45, 7) is 4.12. The van der Waals surface area contributed by atoms with Crippen molar-refractivity contribution in [3.8, 4) is 11.5 Å². The molecule has 0 saturated carbocycles. The van der Waals surface area contributed by atoms with Gasteiger partial charge in [-0.25, -0.2) is 12.8 Å². The van der Waals surface area contributed by atoms with Crippen LogP contribution >= 0.6 is 0 Å².